The maximum Gasteiger partial charge on any atom is 0.167 e. The van der Waals surface area contributed by atoms with Gasteiger partial charge < -0.3 is 19.6 Å². The first kappa shape index (κ1) is 12.3. The van der Waals surface area contributed by atoms with Gasteiger partial charge in [0.1, 0.15) is 18.1 Å². The van der Waals surface area contributed by atoms with Crippen molar-refractivity contribution in [3.05, 3.63) is 42.1 Å². The van der Waals surface area contributed by atoms with Gasteiger partial charge in [-0.3, -0.25) is 0 Å². The zero-order valence-corrected chi connectivity index (χ0v) is 9.98. The van der Waals surface area contributed by atoms with Gasteiger partial charge in [0, 0.05) is 12.1 Å². The molecule has 2 rings (SSSR count). The Morgan fingerprint density at radius 1 is 1.28 bits per heavy atom. The van der Waals surface area contributed by atoms with E-state index in [1.165, 1.54) is 12.1 Å². The minimum Gasteiger partial charge on any atom is -0.491 e. The van der Waals surface area contributed by atoms with E-state index in [4.69, 9.17) is 19.6 Å². The molecule has 5 heteroatoms. The number of rotatable bonds is 5. The van der Waals surface area contributed by atoms with Crippen LogP contribution in [-0.4, -0.2) is 6.61 Å². The van der Waals surface area contributed by atoms with E-state index in [2.05, 4.69) is 0 Å². The molecule has 0 aliphatic carbocycles. The van der Waals surface area contributed by atoms with Crippen molar-refractivity contribution in [3.63, 3.8) is 0 Å². The summed E-state index contributed by atoms with van der Waals surface area (Å²) in [5.74, 6) is 0.661. The minimum absolute atomic E-state index is 0.126. The fraction of sp³-hybridized carbons (Fsp3) is 0.231. The maximum absolute atomic E-state index is 13.5. The second kappa shape index (κ2) is 5.44. The van der Waals surface area contributed by atoms with Gasteiger partial charge in [-0.2, -0.15) is 0 Å². The number of benzene rings is 1. The Hall–Kier alpha value is -2.17. The lowest BCUT2D eigenvalue weighted by Crippen LogP contribution is -2.01. The zero-order chi connectivity index (χ0) is 13.0. The van der Waals surface area contributed by atoms with Crippen LogP contribution in [0.3, 0.4) is 0 Å². The Balaban J connectivity index is 2.13. The smallest absolute Gasteiger partial charge is 0.167 e. The summed E-state index contributed by atoms with van der Waals surface area (Å²) in [6.45, 7) is 2.38. The van der Waals surface area contributed by atoms with Gasteiger partial charge in [0.05, 0.1) is 18.6 Å². The number of hydrogen-bond acceptors (Lipinski definition) is 4. The summed E-state index contributed by atoms with van der Waals surface area (Å²) in [5.41, 5.74) is 5.90. The van der Waals surface area contributed by atoms with Crippen molar-refractivity contribution < 1.29 is 18.3 Å². The normalized spacial score (nSPS) is 10.3. The van der Waals surface area contributed by atoms with Crippen molar-refractivity contribution in [3.8, 4) is 11.5 Å². The monoisotopic (exact) mass is 251 g/mol. The van der Waals surface area contributed by atoms with Crippen LogP contribution in [0.1, 0.15) is 12.7 Å². The SMILES string of the molecule is CCOc1cc(OCc2ccco2)c(N)cc1F. The standard InChI is InChI=1S/C13H14FNO3/c1-2-16-12-7-13(11(15)6-10(12)14)18-8-9-4-3-5-17-9/h3-7H,2,8,15H2,1H3. The first-order valence-electron chi connectivity index (χ1n) is 5.57. The van der Waals surface area contributed by atoms with E-state index in [1.54, 1.807) is 25.3 Å². The molecule has 0 saturated carbocycles. The van der Waals surface area contributed by atoms with Crippen molar-refractivity contribution in [1.29, 1.82) is 0 Å². The van der Waals surface area contributed by atoms with E-state index in [9.17, 15) is 4.39 Å². The number of ether oxygens (including phenoxy) is 2. The Kier molecular flexibility index (Phi) is 3.72. The van der Waals surface area contributed by atoms with E-state index in [0.29, 0.717) is 18.1 Å². The summed E-state index contributed by atoms with van der Waals surface area (Å²) in [5, 5.41) is 0. The molecule has 0 atom stereocenters. The van der Waals surface area contributed by atoms with Crippen molar-refractivity contribution in [1.82, 2.24) is 0 Å². The molecular weight excluding hydrogens is 237 g/mol. The molecule has 1 aromatic heterocycles. The average molecular weight is 251 g/mol. The van der Waals surface area contributed by atoms with E-state index < -0.39 is 5.82 Å². The quantitative estimate of drug-likeness (QED) is 0.830. The van der Waals surface area contributed by atoms with Crippen LogP contribution in [0.25, 0.3) is 0 Å². The number of halogens is 1. The Morgan fingerprint density at radius 2 is 2.11 bits per heavy atom. The van der Waals surface area contributed by atoms with Crippen LogP contribution < -0.4 is 15.2 Å². The molecule has 0 bridgehead atoms. The van der Waals surface area contributed by atoms with Crippen molar-refractivity contribution in [2.75, 3.05) is 12.3 Å². The fourth-order valence-electron chi connectivity index (χ4n) is 1.48. The Labute approximate surface area is 104 Å². The van der Waals surface area contributed by atoms with Gasteiger partial charge in [0.15, 0.2) is 11.6 Å². The lowest BCUT2D eigenvalue weighted by Gasteiger charge is -2.11. The predicted octanol–water partition coefficient (Wildman–Crippen LogP) is 2.98. The highest BCUT2D eigenvalue weighted by Crippen LogP contribution is 2.30. The summed E-state index contributed by atoms with van der Waals surface area (Å²) in [6, 6.07) is 6.17. The lowest BCUT2D eigenvalue weighted by atomic mass is 10.2. The molecule has 2 N–H and O–H groups in total. The number of nitrogens with two attached hydrogens (primary N) is 1. The van der Waals surface area contributed by atoms with Crippen LogP contribution in [-0.2, 0) is 6.61 Å². The molecule has 4 nitrogen and oxygen atoms in total. The summed E-state index contributed by atoms with van der Waals surface area (Å²) >= 11 is 0. The fourth-order valence-corrected chi connectivity index (χ4v) is 1.48. The second-order valence-corrected chi connectivity index (χ2v) is 3.62. The van der Waals surface area contributed by atoms with Crippen molar-refractivity contribution in [2.45, 2.75) is 13.5 Å². The van der Waals surface area contributed by atoms with Crippen LogP contribution in [0.2, 0.25) is 0 Å². The van der Waals surface area contributed by atoms with Crippen LogP contribution in [0.5, 0.6) is 11.5 Å². The van der Waals surface area contributed by atoms with Gasteiger partial charge in [-0.05, 0) is 19.1 Å². The molecule has 0 unspecified atom stereocenters. The van der Waals surface area contributed by atoms with Gasteiger partial charge in [-0.15, -0.1) is 0 Å². The Bertz CT molecular complexity index is 511. The van der Waals surface area contributed by atoms with Crippen molar-refractivity contribution >= 4 is 5.69 Å². The van der Waals surface area contributed by atoms with Gasteiger partial charge in [0.2, 0.25) is 0 Å². The molecule has 0 saturated heterocycles. The summed E-state index contributed by atoms with van der Waals surface area (Å²) in [7, 11) is 0. The van der Waals surface area contributed by atoms with E-state index in [0.717, 1.165) is 0 Å². The lowest BCUT2D eigenvalue weighted by molar-refractivity contribution is 0.267. The molecule has 1 heterocycles. The molecule has 0 fully saturated rings. The third kappa shape index (κ3) is 2.74. The van der Waals surface area contributed by atoms with Crippen LogP contribution in [0.4, 0.5) is 10.1 Å². The van der Waals surface area contributed by atoms with Gasteiger partial charge in [-0.25, -0.2) is 4.39 Å². The third-order valence-electron chi connectivity index (χ3n) is 2.31. The van der Waals surface area contributed by atoms with E-state index in [1.807, 2.05) is 0 Å². The molecule has 0 spiro atoms. The maximum atomic E-state index is 13.5. The largest absolute Gasteiger partial charge is 0.491 e. The predicted molar refractivity (Wildman–Crippen MR) is 65.0 cm³/mol. The molecule has 18 heavy (non-hydrogen) atoms. The first-order chi connectivity index (χ1) is 8.70. The van der Waals surface area contributed by atoms with Crippen LogP contribution in [0.15, 0.2) is 34.9 Å². The molecule has 96 valence electrons. The van der Waals surface area contributed by atoms with Crippen LogP contribution in [0, 0.1) is 5.82 Å². The molecular formula is C13H14FNO3. The first-order valence-corrected chi connectivity index (χ1v) is 5.57. The highest BCUT2D eigenvalue weighted by molar-refractivity contribution is 5.56. The molecule has 0 radical (unpaired) electrons. The summed E-state index contributed by atoms with van der Waals surface area (Å²) in [6.07, 6.45) is 1.55. The number of furan rings is 1. The molecule has 0 aliphatic rings. The Morgan fingerprint density at radius 3 is 2.78 bits per heavy atom. The molecule has 1 aromatic carbocycles. The minimum atomic E-state index is -0.500. The van der Waals surface area contributed by atoms with Gasteiger partial charge in [-0.1, -0.05) is 0 Å². The number of nitrogen functional groups attached to an aromatic ring is 1. The third-order valence-corrected chi connectivity index (χ3v) is 2.31. The summed E-state index contributed by atoms with van der Waals surface area (Å²) < 4.78 is 29.2. The molecule has 0 aliphatic heterocycles. The highest BCUT2D eigenvalue weighted by atomic mass is 19.1. The molecule has 0 amide bonds. The second-order valence-electron chi connectivity index (χ2n) is 3.62. The van der Waals surface area contributed by atoms with Gasteiger partial charge in [0.25, 0.3) is 0 Å². The number of anilines is 1. The van der Waals surface area contributed by atoms with Gasteiger partial charge >= 0.3 is 0 Å². The zero-order valence-electron chi connectivity index (χ0n) is 9.98. The van der Waals surface area contributed by atoms with Crippen LogP contribution >= 0.6 is 0 Å². The van der Waals surface area contributed by atoms with E-state index >= 15 is 0 Å². The molecule has 2 aromatic rings. The topological polar surface area (TPSA) is 57.6 Å². The van der Waals surface area contributed by atoms with E-state index in [-0.39, 0.29) is 18.0 Å². The average Bonchev–Trinajstić information content (AvgIpc) is 2.84. The highest BCUT2D eigenvalue weighted by Gasteiger charge is 2.10. The van der Waals surface area contributed by atoms with Crippen molar-refractivity contribution in [2.24, 2.45) is 0 Å². The summed E-state index contributed by atoms with van der Waals surface area (Å²) in [4.78, 5) is 0. The number of hydrogen-bond donors (Lipinski definition) is 1.